The highest BCUT2D eigenvalue weighted by Gasteiger charge is 2.35. The van der Waals surface area contributed by atoms with Crippen molar-refractivity contribution in [2.24, 2.45) is 5.92 Å². The Bertz CT molecular complexity index is 1220. The van der Waals surface area contributed by atoms with Crippen LogP contribution in [0.1, 0.15) is 53.0 Å². The summed E-state index contributed by atoms with van der Waals surface area (Å²) in [6, 6.07) is 0.653. The van der Waals surface area contributed by atoms with Gasteiger partial charge in [-0.2, -0.15) is 0 Å². The Labute approximate surface area is 195 Å². The van der Waals surface area contributed by atoms with Crippen molar-refractivity contribution in [1.29, 1.82) is 0 Å². The number of aromatic nitrogens is 2. The fourth-order valence-electron chi connectivity index (χ4n) is 4.52. The minimum Gasteiger partial charge on any atom is -0.458 e. The molecule has 2 fully saturated rings. The molecule has 4 rings (SSSR count). The van der Waals surface area contributed by atoms with E-state index in [1.807, 2.05) is 6.92 Å². The van der Waals surface area contributed by atoms with Crippen molar-refractivity contribution in [3.8, 4) is 5.75 Å². The largest absolute Gasteiger partial charge is 0.458 e. The number of carbonyl (C=O) groups is 1. The average molecular weight is 481 g/mol. The molecule has 2 N–H and O–H groups in total. The van der Waals surface area contributed by atoms with Gasteiger partial charge < -0.3 is 19.7 Å². The van der Waals surface area contributed by atoms with Crippen LogP contribution in [0.3, 0.4) is 0 Å². The van der Waals surface area contributed by atoms with Crippen LogP contribution < -0.4 is 26.2 Å². The second-order valence-corrected chi connectivity index (χ2v) is 9.98. The maximum Gasteiger partial charge on any atom is 0.407 e. The first-order valence-electron chi connectivity index (χ1n) is 11.4. The Balaban J connectivity index is 1.68. The number of halogens is 2. The van der Waals surface area contributed by atoms with E-state index in [1.165, 1.54) is 4.57 Å². The molecule has 0 spiro atoms. The summed E-state index contributed by atoms with van der Waals surface area (Å²) in [5.41, 5.74) is -1.89. The maximum atomic E-state index is 15.3. The Morgan fingerprint density at radius 1 is 1.29 bits per heavy atom. The van der Waals surface area contributed by atoms with Gasteiger partial charge in [-0.05, 0) is 58.9 Å². The lowest BCUT2D eigenvalue weighted by Crippen LogP contribution is -2.42. The van der Waals surface area contributed by atoms with E-state index in [0.29, 0.717) is 19.5 Å². The van der Waals surface area contributed by atoms with E-state index in [0.717, 1.165) is 18.9 Å². The second kappa shape index (κ2) is 8.92. The predicted octanol–water partition coefficient (Wildman–Crippen LogP) is 3.21. The molecule has 34 heavy (non-hydrogen) atoms. The average Bonchev–Trinajstić information content (AvgIpc) is 3.43. The Hall–Kier alpha value is -3.11. The summed E-state index contributed by atoms with van der Waals surface area (Å²) >= 11 is 0. The Morgan fingerprint density at radius 2 is 2.00 bits per heavy atom. The van der Waals surface area contributed by atoms with Gasteiger partial charge in [-0.1, -0.05) is 0 Å². The Morgan fingerprint density at radius 3 is 2.62 bits per heavy atom. The number of anilines is 1. The number of amides is 1. The molecule has 11 heteroatoms. The topological polar surface area (TPSA) is 106 Å². The molecule has 1 aliphatic heterocycles. The standard InChI is InChI=1S/C23H30F2N4O5/c1-12(26-22(32)34-23(2,3)4)13-7-8-28(10-13)18-16(25)9-15-17(19(18)33-11-24)29(14-5-6-14)21(31)27-20(15)30/h9,12-14H,5-8,10-11H2,1-4H3,(H,26,32)(H,27,30,31)/t12-,13+/m0/s1. The molecule has 2 atom stereocenters. The number of H-pyrrole nitrogens is 1. The molecular weight excluding hydrogens is 450 g/mol. The van der Waals surface area contributed by atoms with Gasteiger partial charge in [0.05, 0.1) is 5.39 Å². The van der Waals surface area contributed by atoms with Gasteiger partial charge in [-0.25, -0.2) is 18.4 Å². The number of nitrogens with one attached hydrogen (secondary N) is 2. The van der Waals surface area contributed by atoms with Crippen LogP contribution in [0.5, 0.6) is 5.75 Å². The fourth-order valence-corrected chi connectivity index (χ4v) is 4.52. The molecule has 1 saturated heterocycles. The molecule has 9 nitrogen and oxygen atoms in total. The van der Waals surface area contributed by atoms with Crippen molar-refractivity contribution < 1.29 is 23.0 Å². The Kier molecular flexibility index (Phi) is 6.30. The van der Waals surface area contributed by atoms with E-state index >= 15 is 4.39 Å². The summed E-state index contributed by atoms with van der Waals surface area (Å²) in [5.74, 6) is -0.928. The van der Waals surface area contributed by atoms with Crippen LogP contribution in [0.15, 0.2) is 15.7 Å². The monoisotopic (exact) mass is 480 g/mol. The van der Waals surface area contributed by atoms with Crippen LogP contribution in [-0.4, -0.2) is 47.2 Å². The molecule has 0 bridgehead atoms. The van der Waals surface area contributed by atoms with Gasteiger partial charge in [0.25, 0.3) is 5.56 Å². The summed E-state index contributed by atoms with van der Waals surface area (Å²) in [6.07, 6.45) is 1.55. The number of carbonyl (C=O) groups excluding carboxylic acids is 1. The van der Waals surface area contributed by atoms with Gasteiger partial charge in [0.15, 0.2) is 11.6 Å². The molecule has 186 valence electrons. The molecule has 2 aliphatic rings. The summed E-state index contributed by atoms with van der Waals surface area (Å²) in [5, 5.41) is 2.75. The van der Waals surface area contributed by atoms with E-state index in [9.17, 15) is 18.8 Å². The fraction of sp³-hybridized carbons (Fsp3) is 0.609. The maximum absolute atomic E-state index is 15.3. The number of aromatic amines is 1. The smallest absolute Gasteiger partial charge is 0.407 e. The number of hydrogen-bond acceptors (Lipinski definition) is 6. The summed E-state index contributed by atoms with van der Waals surface area (Å²) < 4.78 is 40.7. The van der Waals surface area contributed by atoms with Gasteiger partial charge >= 0.3 is 11.8 Å². The van der Waals surface area contributed by atoms with Crippen LogP contribution in [0.2, 0.25) is 0 Å². The zero-order valence-corrected chi connectivity index (χ0v) is 19.7. The molecule has 2 aromatic rings. The third kappa shape index (κ3) is 4.74. The van der Waals surface area contributed by atoms with E-state index in [-0.39, 0.29) is 40.3 Å². The highest BCUT2D eigenvalue weighted by molar-refractivity contribution is 5.91. The van der Waals surface area contributed by atoms with Gasteiger partial charge in [-0.3, -0.25) is 14.3 Å². The highest BCUT2D eigenvalue weighted by Crippen LogP contribution is 2.43. The zero-order valence-electron chi connectivity index (χ0n) is 19.7. The minimum absolute atomic E-state index is 0.0107. The molecular formula is C23H30F2N4O5. The molecule has 1 aromatic heterocycles. The zero-order chi connectivity index (χ0) is 24.8. The van der Waals surface area contributed by atoms with Crippen LogP contribution in [0.25, 0.3) is 10.9 Å². The lowest BCUT2D eigenvalue weighted by atomic mass is 10.0. The normalized spacial score (nSPS) is 19.4. The SMILES string of the molecule is C[C@H](NC(=O)OC(C)(C)C)[C@@H]1CCN(c2c(F)cc3c(=O)[nH]c(=O)n(C4CC4)c3c2OCF)C1. The summed E-state index contributed by atoms with van der Waals surface area (Å²) in [4.78, 5) is 41.1. The van der Waals surface area contributed by atoms with Crippen molar-refractivity contribution in [3.63, 3.8) is 0 Å². The molecule has 1 aliphatic carbocycles. The number of ether oxygens (including phenoxy) is 2. The number of alkyl halides is 1. The summed E-state index contributed by atoms with van der Waals surface area (Å²) in [6.45, 7) is 6.70. The molecule has 0 unspecified atom stereocenters. The van der Waals surface area contributed by atoms with Gasteiger partial charge in [-0.15, -0.1) is 0 Å². The quantitative estimate of drug-likeness (QED) is 0.658. The number of fused-ring (bicyclic) bond motifs is 1. The van der Waals surface area contributed by atoms with E-state index in [2.05, 4.69) is 10.3 Å². The number of nitrogens with zero attached hydrogens (tertiary/aromatic N) is 2. The molecule has 1 aromatic carbocycles. The van der Waals surface area contributed by atoms with E-state index < -0.39 is 35.6 Å². The van der Waals surface area contributed by atoms with Crippen molar-refractivity contribution >= 4 is 22.7 Å². The van der Waals surface area contributed by atoms with Crippen LogP contribution in [-0.2, 0) is 4.74 Å². The second-order valence-electron chi connectivity index (χ2n) is 9.98. The first kappa shape index (κ1) is 24.0. The molecule has 0 radical (unpaired) electrons. The van der Waals surface area contributed by atoms with Gasteiger partial charge in [0.1, 0.15) is 16.8 Å². The van der Waals surface area contributed by atoms with Crippen molar-refractivity contribution in [1.82, 2.24) is 14.9 Å². The van der Waals surface area contributed by atoms with Crippen molar-refractivity contribution in [3.05, 3.63) is 32.7 Å². The van der Waals surface area contributed by atoms with Crippen LogP contribution in [0, 0.1) is 11.7 Å². The van der Waals surface area contributed by atoms with Crippen molar-refractivity contribution in [2.75, 3.05) is 24.9 Å². The van der Waals surface area contributed by atoms with Gasteiger partial charge in [0.2, 0.25) is 6.86 Å². The number of hydrogen-bond donors (Lipinski definition) is 2. The molecule has 1 saturated carbocycles. The number of rotatable bonds is 6. The van der Waals surface area contributed by atoms with Crippen LogP contribution >= 0.6 is 0 Å². The molecule has 1 amide bonds. The number of alkyl carbamates (subject to hydrolysis) is 1. The first-order chi connectivity index (χ1) is 16.0. The predicted molar refractivity (Wildman–Crippen MR) is 123 cm³/mol. The third-order valence-corrected chi connectivity index (χ3v) is 6.21. The lowest BCUT2D eigenvalue weighted by Gasteiger charge is -2.26. The summed E-state index contributed by atoms with van der Waals surface area (Å²) in [7, 11) is 0. The molecule has 2 heterocycles. The minimum atomic E-state index is -1.24. The highest BCUT2D eigenvalue weighted by atomic mass is 19.1. The lowest BCUT2D eigenvalue weighted by molar-refractivity contribution is 0.0494. The van der Waals surface area contributed by atoms with Gasteiger partial charge in [0, 0.05) is 25.2 Å². The first-order valence-corrected chi connectivity index (χ1v) is 11.4. The van der Waals surface area contributed by atoms with E-state index in [4.69, 9.17) is 9.47 Å². The third-order valence-electron chi connectivity index (χ3n) is 6.21. The van der Waals surface area contributed by atoms with Crippen molar-refractivity contribution in [2.45, 2.75) is 64.6 Å². The van der Waals surface area contributed by atoms with E-state index in [1.54, 1.807) is 25.7 Å². The van der Waals surface area contributed by atoms with Crippen LogP contribution in [0.4, 0.5) is 19.3 Å². The number of benzene rings is 1.